The second kappa shape index (κ2) is 5.25. The molecule has 0 heterocycles. The Hall–Kier alpha value is -1.17. The van der Waals surface area contributed by atoms with Crippen LogP contribution in [0.2, 0.25) is 0 Å². The zero-order valence-electron chi connectivity index (χ0n) is 8.59. The van der Waals surface area contributed by atoms with Crippen LogP contribution in [0.4, 0.5) is 8.78 Å². The maximum atomic E-state index is 13.2. The Morgan fingerprint density at radius 3 is 2.62 bits per heavy atom. The fourth-order valence-corrected chi connectivity index (χ4v) is 1.43. The summed E-state index contributed by atoms with van der Waals surface area (Å²) in [6.07, 6.45) is -1.01. The van der Waals surface area contributed by atoms with Gasteiger partial charge in [0.15, 0.2) is 17.7 Å². The summed E-state index contributed by atoms with van der Waals surface area (Å²) in [6, 6.07) is 2.20. The first-order valence-electron chi connectivity index (χ1n) is 4.34. The lowest BCUT2D eigenvalue weighted by atomic mass is 10.3. The molecule has 0 saturated heterocycles. The van der Waals surface area contributed by atoms with Crippen LogP contribution in [0.15, 0.2) is 16.6 Å². The lowest BCUT2D eigenvalue weighted by Crippen LogP contribution is -2.25. The van der Waals surface area contributed by atoms with E-state index in [1.165, 1.54) is 20.1 Å². The largest absolute Gasteiger partial charge is 0.476 e. The first-order valence-corrected chi connectivity index (χ1v) is 5.14. The summed E-state index contributed by atoms with van der Waals surface area (Å²) in [6.45, 7) is 1.38. The summed E-state index contributed by atoms with van der Waals surface area (Å²) in [5.41, 5.74) is 0. The van der Waals surface area contributed by atoms with E-state index in [1.54, 1.807) is 0 Å². The fraction of sp³-hybridized carbons (Fsp3) is 0.300. The number of carbonyl (C=O) groups excluding carboxylic acids is 1. The van der Waals surface area contributed by atoms with Gasteiger partial charge in [-0.2, -0.15) is 4.39 Å². The van der Waals surface area contributed by atoms with E-state index in [0.29, 0.717) is 4.47 Å². The first-order chi connectivity index (χ1) is 7.45. The smallest absolute Gasteiger partial charge is 0.346 e. The Morgan fingerprint density at radius 2 is 2.06 bits per heavy atom. The molecule has 0 aliphatic carbocycles. The van der Waals surface area contributed by atoms with Crippen molar-refractivity contribution in [2.45, 2.75) is 13.0 Å². The molecule has 0 bridgehead atoms. The zero-order valence-corrected chi connectivity index (χ0v) is 10.2. The van der Waals surface area contributed by atoms with Gasteiger partial charge in [0.25, 0.3) is 0 Å². The molecule has 0 spiro atoms. The van der Waals surface area contributed by atoms with E-state index in [2.05, 4.69) is 20.7 Å². The van der Waals surface area contributed by atoms with Crippen molar-refractivity contribution in [2.24, 2.45) is 0 Å². The van der Waals surface area contributed by atoms with Crippen LogP contribution in [0.3, 0.4) is 0 Å². The average molecular weight is 295 g/mol. The van der Waals surface area contributed by atoms with Gasteiger partial charge in [0.1, 0.15) is 0 Å². The highest BCUT2D eigenvalue weighted by molar-refractivity contribution is 9.10. The number of methoxy groups -OCH3 is 1. The van der Waals surface area contributed by atoms with Crippen LogP contribution in [0.5, 0.6) is 5.75 Å². The lowest BCUT2D eigenvalue weighted by Gasteiger charge is -2.13. The first kappa shape index (κ1) is 12.9. The van der Waals surface area contributed by atoms with E-state index in [4.69, 9.17) is 4.74 Å². The molecule has 0 fully saturated rings. The fourth-order valence-electron chi connectivity index (χ4n) is 1.02. The van der Waals surface area contributed by atoms with E-state index in [9.17, 15) is 13.6 Å². The molecule has 1 aromatic rings. The number of halogens is 3. The predicted molar refractivity (Wildman–Crippen MR) is 56.2 cm³/mol. The third-order valence-corrected chi connectivity index (χ3v) is 2.25. The van der Waals surface area contributed by atoms with Crippen LogP contribution in [-0.2, 0) is 9.53 Å². The van der Waals surface area contributed by atoms with E-state index in [-0.39, 0.29) is 5.75 Å². The topological polar surface area (TPSA) is 35.5 Å². The molecule has 6 heteroatoms. The highest BCUT2D eigenvalue weighted by Gasteiger charge is 2.19. The molecule has 88 valence electrons. The van der Waals surface area contributed by atoms with Crippen LogP contribution in [0, 0.1) is 11.6 Å². The number of ether oxygens (including phenoxy) is 2. The van der Waals surface area contributed by atoms with E-state index < -0.39 is 23.7 Å². The summed E-state index contributed by atoms with van der Waals surface area (Å²) in [5.74, 6) is -3.20. The van der Waals surface area contributed by atoms with Crippen LogP contribution in [0.25, 0.3) is 0 Å². The Morgan fingerprint density at radius 1 is 1.44 bits per heavy atom. The number of hydrogen-bond acceptors (Lipinski definition) is 3. The summed E-state index contributed by atoms with van der Waals surface area (Å²) in [4.78, 5) is 11.0. The minimum Gasteiger partial charge on any atom is -0.476 e. The van der Waals surface area contributed by atoms with Gasteiger partial charge in [0.05, 0.1) is 7.11 Å². The summed E-state index contributed by atoms with van der Waals surface area (Å²) in [5, 5.41) is 0. The van der Waals surface area contributed by atoms with Crippen molar-refractivity contribution < 1.29 is 23.0 Å². The second-order valence-electron chi connectivity index (χ2n) is 2.98. The molecule has 0 radical (unpaired) electrons. The Kier molecular flexibility index (Phi) is 4.23. The summed E-state index contributed by atoms with van der Waals surface area (Å²) < 4.78 is 35.9. The maximum Gasteiger partial charge on any atom is 0.346 e. The number of esters is 1. The van der Waals surface area contributed by atoms with Crippen molar-refractivity contribution in [1.29, 1.82) is 0 Å². The maximum absolute atomic E-state index is 13.2. The summed E-state index contributed by atoms with van der Waals surface area (Å²) in [7, 11) is 1.18. The number of rotatable bonds is 3. The molecule has 16 heavy (non-hydrogen) atoms. The molecule has 1 atom stereocenters. The van der Waals surface area contributed by atoms with Crippen molar-refractivity contribution in [2.75, 3.05) is 7.11 Å². The molecule has 0 N–H and O–H groups in total. The van der Waals surface area contributed by atoms with Crippen molar-refractivity contribution in [1.82, 2.24) is 0 Å². The molecule has 1 aromatic carbocycles. The van der Waals surface area contributed by atoms with Crippen molar-refractivity contribution in [3.05, 3.63) is 28.2 Å². The quantitative estimate of drug-likeness (QED) is 0.635. The molecule has 0 saturated carbocycles. The van der Waals surface area contributed by atoms with Gasteiger partial charge in [0.2, 0.25) is 5.82 Å². The molecule has 1 unspecified atom stereocenters. The number of benzene rings is 1. The van der Waals surface area contributed by atoms with E-state index in [0.717, 1.165) is 6.07 Å². The van der Waals surface area contributed by atoms with Crippen molar-refractivity contribution in [3.8, 4) is 5.75 Å². The number of carbonyl (C=O) groups is 1. The Balaban J connectivity index is 2.93. The second-order valence-corrected chi connectivity index (χ2v) is 3.90. The minimum atomic E-state index is -1.14. The van der Waals surface area contributed by atoms with E-state index >= 15 is 0 Å². The van der Waals surface area contributed by atoms with Crippen molar-refractivity contribution >= 4 is 21.9 Å². The molecule has 3 nitrogen and oxygen atoms in total. The standard InChI is InChI=1S/C10H9BrF2O3/c1-5(10(14)15-2)16-8-4-6(11)3-7(12)9(8)13/h3-5H,1-2H3. The van der Waals surface area contributed by atoms with Crippen LogP contribution >= 0.6 is 15.9 Å². The predicted octanol–water partition coefficient (Wildman–Crippen LogP) is 2.67. The van der Waals surface area contributed by atoms with Crippen LogP contribution in [0.1, 0.15) is 6.92 Å². The molecule has 1 rings (SSSR count). The van der Waals surface area contributed by atoms with Gasteiger partial charge in [-0.05, 0) is 19.1 Å². The third-order valence-electron chi connectivity index (χ3n) is 1.80. The SMILES string of the molecule is COC(=O)C(C)Oc1cc(Br)cc(F)c1F. The van der Waals surface area contributed by atoms with Gasteiger partial charge < -0.3 is 9.47 Å². The van der Waals surface area contributed by atoms with Crippen LogP contribution < -0.4 is 4.74 Å². The normalized spacial score (nSPS) is 12.1. The van der Waals surface area contributed by atoms with Gasteiger partial charge in [-0.1, -0.05) is 15.9 Å². The number of hydrogen-bond donors (Lipinski definition) is 0. The monoisotopic (exact) mass is 294 g/mol. The molecule has 0 aliphatic rings. The van der Waals surface area contributed by atoms with Gasteiger partial charge in [-0.3, -0.25) is 0 Å². The zero-order chi connectivity index (χ0) is 12.3. The Bertz CT molecular complexity index is 409. The van der Waals surface area contributed by atoms with Crippen molar-refractivity contribution in [3.63, 3.8) is 0 Å². The summed E-state index contributed by atoms with van der Waals surface area (Å²) >= 11 is 2.99. The lowest BCUT2D eigenvalue weighted by molar-refractivity contribution is -0.148. The molecule has 0 amide bonds. The van der Waals surface area contributed by atoms with Gasteiger partial charge in [-0.25, -0.2) is 9.18 Å². The molecule has 0 aromatic heterocycles. The molecular formula is C10H9BrF2O3. The molecule has 0 aliphatic heterocycles. The van der Waals surface area contributed by atoms with Gasteiger partial charge >= 0.3 is 5.97 Å². The minimum absolute atomic E-state index is 0.318. The average Bonchev–Trinajstić information content (AvgIpc) is 2.23. The van der Waals surface area contributed by atoms with Gasteiger partial charge in [0, 0.05) is 4.47 Å². The Labute approximate surface area is 99.5 Å². The highest BCUT2D eigenvalue weighted by atomic mass is 79.9. The van der Waals surface area contributed by atoms with Gasteiger partial charge in [-0.15, -0.1) is 0 Å². The van der Waals surface area contributed by atoms with E-state index in [1.807, 2.05) is 0 Å². The third kappa shape index (κ3) is 2.91. The van der Waals surface area contributed by atoms with Crippen LogP contribution in [-0.4, -0.2) is 19.2 Å². The highest BCUT2D eigenvalue weighted by Crippen LogP contribution is 2.26. The molecular weight excluding hydrogens is 286 g/mol.